The first-order valence-corrected chi connectivity index (χ1v) is 6.41. The van der Waals surface area contributed by atoms with E-state index in [2.05, 4.69) is 0 Å². The summed E-state index contributed by atoms with van der Waals surface area (Å²) >= 11 is 0. The number of nitrogens with zero attached hydrogens (tertiary/aromatic N) is 1. The van der Waals surface area contributed by atoms with Gasteiger partial charge in [0.05, 0.1) is 6.26 Å². The Kier molecular flexibility index (Phi) is 4.93. The third-order valence-electron chi connectivity index (χ3n) is 2.79. The molecule has 0 aliphatic heterocycles. The van der Waals surface area contributed by atoms with E-state index in [1.54, 1.807) is 12.1 Å². The van der Waals surface area contributed by atoms with Crippen LogP contribution in [0.2, 0.25) is 0 Å². The Hall–Kier alpha value is -2.82. The average Bonchev–Trinajstić information content (AvgIpc) is 2.98. The number of carbonyl (C=O) groups is 2. The molecule has 1 N–H and O–H groups in total. The molecule has 1 aromatic heterocycles. The summed E-state index contributed by atoms with van der Waals surface area (Å²) < 4.78 is 5.09. The fraction of sp³-hybridized carbons (Fsp3) is 0.125. The molecule has 5 nitrogen and oxygen atoms in total. The molecule has 0 unspecified atom stereocenters. The van der Waals surface area contributed by atoms with Crippen molar-refractivity contribution in [3.05, 3.63) is 66.1 Å². The van der Waals surface area contributed by atoms with Crippen molar-refractivity contribution in [1.82, 2.24) is 4.90 Å². The maximum atomic E-state index is 12.1. The molecule has 21 heavy (non-hydrogen) atoms. The maximum Gasteiger partial charge on any atom is 0.323 e. The van der Waals surface area contributed by atoms with Gasteiger partial charge >= 0.3 is 5.97 Å². The van der Waals surface area contributed by atoms with Crippen molar-refractivity contribution in [3.8, 4) is 0 Å². The number of hydrogen-bond acceptors (Lipinski definition) is 3. The van der Waals surface area contributed by atoms with Crippen molar-refractivity contribution in [2.45, 2.75) is 6.54 Å². The largest absolute Gasteiger partial charge is 0.480 e. The molecule has 0 radical (unpaired) electrons. The summed E-state index contributed by atoms with van der Waals surface area (Å²) in [4.78, 5) is 24.3. The zero-order valence-corrected chi connectivity index (χ0v) is 11.3. The van der Waals surface area contributed by atoms with Crippen molar-refractivity contribution < 1.29 is 19.1 Å². The number of rotatable bonds is 6. The van der Waals surface area contributed by atoms with Crippen molar-refractivity contribution in [2.75, 3.05) is 6.54 Å². The third kappa shape index (κ3) is 4.65. The number of amides is 1. The minimum atomic E-state index is -1.05. The van der Waals surface area contributed by atoms with E-state index in [9.17, 15) is 9.59 Å². The minimum Gasteiger partial charge on any atom is -0.480 e. The predicted octanol–water partition coefficient (Wildman–Crippen LogP) is 2.41. The molecule has 0 saturated carbocycles. The fourth-order valence-corrected chi connectivity index (χ4v) is 1.82. The van der Waals surface area contributed by atoms with Gasteiger partial charge in [-0.15, -0.1) is 0 Å². The molecular weight excluding hydrogens is 270 g/mol. The number of aliphatic carboxylic acids is 1. The van der Waals surface area contributed by atoms with Gasteiger partial charge < -0.3 is 14.4 Å². The van der Waals surface area contributed by atoms with Crippen molar-refractivity contribution in [3.63, 3.8) is 0 Å². The van der Waals surface area contributed by atoms with Gasteiger partial charge in [-0.2, -0.15) is 0 Å². The summed E-state index contributed by atoms with van der Waals surface area (Å²) in [6.45, 7) is -0.106. The molecule has 0 spiro atoms. The highest BCUT2D eigenvalue weighted by Gasteiger charge is 2.14. The monoisotopic (exact) mass is 285 g/mol. The molecule has 0 bridgehead atoms. The summed E-state index contributed by atoms with van der Waals surface area (Å²) in [5, 5.41) is 8.93. The van der Waals surface area contributed by atoms with Crippen molar-refractivity contribution in [2.24, 2.45) is 0 Å². The summed E-state index contributed by atoms with van der Waals surface area (Å²) in [7, 11) is 0. The number of furan rings is 1. The van der Waals surface area contributed by atoms with E-state index in [0.717, 1.165) is 5.56 Å². The van der Waals surface area contributed by atoms with E-state index in [0.29, 0.717) is 5.76 Å². The molecule has 0 fully saturated rings. The van der Waals surface area contributed by atoms with Gasteiger partial charge in [-0.1, -0.05) is 30.3 Å². The summed E-state index contributed by atoms with van der Waals surface area (Å²) in [5.41, 5.74) is 0.874. The van der Waals surface area contributed by atoms with Gasteiger partial charge in [-0.05, 0) is 23.8 Å². The first-order valence-electron chi connectivity index (χ1n) is 6.41. The number of benzene rings is 1. The number of carbonyl (C=O) groups excluding carboxylic acids is 1. The van der Waals surface area contributed by atoms with E-state index in [1.165, 1.54) is 23.3 Å². The molecule has 1 amide bonds. The topological polar surface area (TPSA) is 70.8 Å². The van der Waals surface area contributed by atoms with Crippen LogP contribution in [0, 0.1) is 0 Å². The Morgan fingerprint density at radius 3 is 2.52 bits per heavy atom. The molecule has 2 aromatic rings. The number of hydrogen-bond donors (Lipinski definition) is 1. The summed E-state index contributed by atoms with van der Waals surface area (Å²) in [5.74, 6) is -0.887. The van der Waals surface area contributed by atoms with Crippen molar-refractivity contribution >= 4 is 18.0 Å². The Bertz CT molecular complexity index is 617. The lowest BCUT2D eigenvalue weighted by atomic mass is 10.2. The second-order valence-corrected chi connectivity index (χ2v) is 4.42. The fourth-order valence-electron chi connectivity index (χ4n) is 1.82. The highest BCUT2D eigenvalue weighted by atomic mass is 16.4. The lowest BCUT2D eigenvalue weighted by Crippen LogP contribution is -2.33. The predicted molar refractivity (Wildman–Crippen MR) is 77.2 cm³/mol. The molecule has 0 atom stereocenters. The van der Waals surface area contributed by atoms with Crippen LogP contribution in [0.5, 0.6) is 0 Å². The minimum absolute atomic E-state index is 0.245. The van der Waals surface area contributed by atoms with Gasteiger partial charge in [0.15, 0.2) is 0 Å². The average molecular weight is 285 g/mol. The zero-order chi connectivity index (χ0) is 15.1. The molecular formula is C16H15NO4. The molecule has 5 heteroatoms. The van der Waals surface area contributed by atoms with E-state index < -0.39 is 5.97 Å². The van der Waals surface area contributed by atoms with Crippen LogP contribution in [0.4, 0.5) is 0 Å². The van der Waals surface area contributed by atoms with Crippen LogP contribution in [0.15, 0.2) is 59.2 Å². The third-order valence-corrected chi connectivity index (χ3v) is 2.79. The van der Waals surface area contributed by atoms with Gasteiger partial charge in [-0.3, -0.25) is 9.59 Å². The van der Waals surface area contributed by atoms with Crippen LogP contribution in [0.1, 0.15) is 11.3 Å². The van der Waals surface area contributed by atoms with Crippen LogP contribution < -0.4 is 0 Å². The zero-order valence-electron chi connectivity index (χ0n) is 11.3. The molecule has 0 aliphatic rings. The second kappa shape index (κ2) is 7.09. The first kappa shape index (κ1) is 14.6. The molecule has 1 heterocycles. The molecule has 0 aliphatic carbocycles. The SMILES string of the molecule is O=C(O)CN(Cc1ccccc1)C(=O)/C=C/c1ccco1. The van der Waals surface area contributed by atoms with Gasteiger partial charge in [0.1, 0.15) is 12.3 Å². The smallest absolute Gasteiger partial charge is 0.323 e. The van der Waals surface area contributed by atoms with Gasteiger partial charge in [-0.25, -0.2) is 0 Å². The molecule has 0 saturated heterocycles. The summed E-state index contributed by atoms with van der Waals surface area (Å²) in [6.07, 6.45) is 4.33. The van der Waals surface area contributed by atoms with Crippen LogP contribution >= 0.6 is 0 Å². The number of carboxylic acids is 1. The molecule has 2 rings (SSSR count). The number of carboxylic acid groups (broad SMARTS) is 1. The van der Waals surface area contributed by atoms with Gasteiger partial charge in [0.25, 0.3) is 0 Å². The Morgan fingerprint density at radius 2 is 1.90 bits per heavy atom. The van der Waals surface area contributed by atoms with E-state index in [4.69, 9.17) is 9.52 Å². The van der Waals surface area contributed by atoms with Gasteiger partial charge in [0, 0.05) is 12.6 Å². The Morgan fingerprint density at radius 1 is 1.14 bits per heavy atom. The van der Waals surface area contributed by atoms with Crippen LogP contribution in [0.3, 0.4) is 0 Å². The second-order valence-electron chi connectivity index (χ2n) is 4.42. The van der Waals surface area contributed by atoms with Gasteiger partial charge in [0.2, 0.25) is 5.91 Å². The molecule has 108 valence electrons. The van der Waals surface area contributed by atoms with Crippen LogP contribution in [-0.4, -0.2) is 28.4 Å². The Balaban J connectivity index is 2.08. The van der Waals surface area contributed by atoms with E-state index >= 15 is 0 Å². The van der Waals surface area contributed by atoms with E-state index in [1.807, 2.05) is 30.3 Å². The van der Waals surface area contributed by atoms with Crippen LogP contribution in [0.25, 0.3) is 6.08 Å². The van der Waals surface area contributed by atoms with Crippen LogP contribution in [-0.2, 0) is 16.1 Å². The standard InChI is InChI=1S/C16H15NO4/c18-15(9-8-14-7-4-10-21-14)17(12-16(19)20)11-13-5-2-1-3-6-13/h1-10H,11-12H2,(H,19,20)/b9-8+. The lowest BCUT2D eigenvalue weighted by Gasteiger charge is -2.19. The first-order chi connectivity index (χ1) is 10.1. The van der Waals surface area contributed by atoms with Crippen molar-refractivity contribution in [1.29, 1.82) is 0 Å². The highest BCUT2D eigenvalue weighted by Crippen LogP contribution is 2.07. The molecule has 1 aromatic carbocycles. The van der Waals surface area contributed by atoms with E-state index in [-0.39, 0.29) is 19.0 Å². The summed E-state index contributed by atoms with van der Waals surface area (Å²) in [6, 6.07) is 12.7. The Labute approximate surface area is 122 Å². The highest BCUT2D eigenvalue weighted by molar-refractivity contribution is 5.93. The normalized spacial score (nSPS) is 10.7. The quantitative estimate of drug-likeness (QED) is 0.827. The lowest BCUT2D eigenvalue weighted by molar-refractivity contribution is -0.143. The maximum absolute atomic E-state index is 12.1.